The lowest BCUT2D eigenvalue weighted by Gasteiger charge is -2.07. The van der Waals surface area contributed by atoms with Crippen LogP contribution in [0.5, 0.6) is 5.75 Å². The third kappa shape index (κ3) is 3.43. The first kappa shape index (κ1) is 16.4. The van der Waals surface area contributed by atoms with Crippen molar-refractivity contribution in [3.05, 3.63) is 65.9 Å². The molecule has 4 heteroatoms. The number of aryl methyl sites for hydroxylation is 1. The van der Waals surface area contributed by atoms with Gasteiger partial charge in [-0.3, -0.25) is 0 Å². The van der Waals surface area contributed by atoms with Crippen LogP contribution in [-0.4, -0.2) is 11.1 Å². The zero-order valence-corrected chi connectivity index (χ0v) is 13.5. The summed E-state index contributed by atoms with van der Waals surface area (Å²) in [5.74, 6) is 0.899. The van der Waals surface area contributed by atoms with Crippen LogP contribution in [0.25, 0.3) is 10.9 Å². The fourth-order valence-electron chi connectivity index (χ4n) is 2.64. The SMILES string of the molecule is Cl.Cn1cc(CCN)c2cc(OCc3ccccc3)ccc21. The van der Waals surface area contributed by atoms with Crippen molar-refractivity contribution < 1.29 is 4.74 Å². The highest BCUT2D eigenvalue weighted by molar-refractivity contribution is 5.85. The lowest BCUT2D eigenvalue weighted by atomic mass is 10.1. The van der Waals surface area contributed by atoms with Crippen molar-refractivity contribution in [2.75, 3.05) is 6.54 Å². The average Bonchev–Trinajstić information content (AvgIpc) is 2.83. The van der Waals surface area contributed by atoms with E-state index in [1.165, 1.54) is 22.0 Å². The summed E-state index contributed by atoms with van der Waals surface area (Å²) in [4.78, 5) is 0. The van der Waals surface area contributed by atoms with Crippen molar-refractivity contribution in [3.63, 3.8) is 0 Å². The van der Waals surface area contributed by atoms with Crippen LogP contribution in [0, 0.1) is 0 Å². The normalized spacial score (nSPS) is 10.5. The number of fused-ring (bicyclic) bond motifs is 1. The molecule has 0 saturated heterocycles. The van der Waals surface area contributed by atoms with Crippen LogP contribution in [0.2, 0.25) is 0 Å². The fourth-order valence-corrected chi connectivity index (χ4v) is 2.64. The summed E-state index contributed by atoms with van der Waals surface area (Å²) < 4.78 is 8.04. The van der Waals surface area contributed by atoms with Gasteiger partial charge in [-0.25, -0.2) is 0 Å². The second kappa shape index (κ2) is 7.34. The van der Waals surface area contributed by atoms with Crippen molar-refractivity contribution in [2.45, 2.75) is 13.0 Å². The van der Waals surface area contributed by atoms with Crippen LogP contribution in [0.15, 0.2) is 54.7 Å². The third-order valence-electron chi connectivity index (χ3n) is 3.71. The van der Waals surface area contributed by atoms with Crippen LogP contribution in [-0.2, 0) is 20.1 Å². The number of aromatic nitrogens is 1. The Balaban J connectivity index is 0.00000176. The van der Waals surface area contributed by atoms with E-state index in [1.807, 2.05) is 24.3 Å². The maximum absolute atomic E-state index is 5.90. The Labute approximate surface area is 137 Å². The monoisotopic (exact) mass is 316 g/mol. The molecule has 0 amide bonds. The van der Waals surface area contributed by atoms with Crippen LogP contribution in [0.1, 0.15) is 11.1 Å². The zero-order chi connectivity index (χ0) is 14.7. The highest BCUT2D eigenvalue weighted by Gasteiger charge is 2.07. The van der Waals surface area contributed by atoms with E-state index in [0.29, 0.717) is 13.2 Å². The molecule has 3 rings (SSSR count). The lowest BCUT2D eigenvalue weighted by Crippen LogP contribution is -2.02. The van der Waals surface area contributed by atoms with Gasteiger partial charge in [0.25, 0.3) is 0 Å². The molecule has 3 nitrogen and oxygen atoms in total. The molecule has 1 heterocycles. The van der Waals surface area contributed by atoms with Gasteiger partial charge in [-0.1, -0.05) is 30.3 Å². The minimum atomic E-state index is 0. The van der Waals surface area contributed by atoms with Crippen LogP contribution in [0.3, 0.4) is 0 Å². The number of nitrogens with two attached hydrogens (primary N) is 1. The van der Waals surface area contributed by atoms with Gasteiger partial charge in [-0.05, 0) is 42.3 Å². The molecular formula is C18H21ClN2O. The summed E-state index contributed by atoms with van der Waals surface area (Å²) >= 11 is 0. The largest absolute Gasteiger partial charge is 0.489 e. The van der Waals surface area contributed by atoms with Crippen LogP contribution >= 0.6 is 12.4 Å². The third-order valence-corrected chi connectivity index (χ3v) is 3.71. The van der Waals surface area contributed by atoms with Crippen LogP contribution < -0.4 is 10.5 Å². The number of ether oxygens (including phenoxy) is 1. The van der Waals surface area contributed by atoms with E-state index in [9.17, 15) is 0 Å². The molecule has 2 N–H and O–H groups in total. The van der Waals surface area contributed by atoms with Gasteiger partial charge in [-0.2, -0.15) is 0 Å². The standard InChI is InChI=1S/C18H20N2O.ClH/c1-20-12-15(9-10-19)17-11-16(7-8-18(17)20)21-13-14-5-3-2-4-6-14;/h2-8,11-12H,9-10,13,19H2,1H3;1H. The molecule has 0 radical (unpaired) electrons. The van der Waals surface area contributed by atoms with E-state index in [2.05, 4.69) is 42.1 Å². The molecule has 0 unspecified atom stereocenters. The molecule has 3 aromatic rings. The molecule has 0 fully saturated rings. The topological polar surface area (TPSA) is 40.2 Å². The molecule has 1 aromatic heterocycles. The van der Waals surface area contributed by atoms with Gasteiger partial charge in [0.2, 0.25) is 0 Å². The van der Waals surface area contributed by atoms with Crippen molar-refractivity contribution in [3.8, 4) is 5.75 Å². The van der Waals surface area contributed by atoms with Gasteiger partial charge in [0.15, 0.2) is 0 Å². The quantitative estimate of drug-likeness (QED) is 0.780. The molecule has 0 spiro atoms. The second-order valence-electron chi connectivity index (χ2n) is 5.26. The lowest BCUT2D eigenvalue weighted by molar-refractivity contribution is 0.306. The van der Waals surface area contributed by atoms with Crippen molar-refractivity contribution in [2.24, 2.45) is 12.8 Å². The van der Waals surface area contributed by atoms with E-state index in [4.69, 9.17) is 10.5 Å². The Kier molecular flexibility index (Phi) is 5.47. The van der Waals surface area contributed by atoms with Crippen molar-refractivity contribution >= 4 is 23.3 Å². The van der Waals surface area contributed by atoms with Crippen molar-refractivity contribution in [1.82, 2.24) is 4.57 Å². The van der Waals surface area contributed by atoms with Gasteiger partial charge in [0, 0.05) is 24.1 Å². The number of hydrogen-bond donors (Lipinski definition) is 1. The number of benzene rings is 2. The molecule has 2 aromatic carbocycles. The summed E-state index contributed by atoms with van der Waals surface area (Å²) in [6, 6.07) is 16.5. The minimum Gasteiger partial charge on any atom is -0.489 e. The Hall–Kier alpha value is -1.97. The smallest absolute Gasteiger partial charge is 0.120 e. The molecule has 0 aliphatic rings. The first-order valence-electron chi connectivity index (χ1n) is 7.22. The number of nitrogens with zero attached hydrogens (tertiary/aromatic N) is 1. The second-order valence-corrected chi connectivity index (χ2v) is 5.26. The van der Waals surface area contributed by atoms with Gasteiger partial charge in [0.05, 0.1) is 0 Å². The minimum absolute atomic E-state index is 0. The van der Waals surface area contributed by atoms with E-state index >= 15 is 0 Å². The Morgan fingerprint density at radius 3 is 2.59 bits per heavy atom. The highest BCUT2D eigenvalue weighted by Crippen LogP contribution is 2.26. The Bertz CT molecular complexity index is 737. The van der Waals surface area contributed by atoms with Crippen LogP contribution in [0.4, 0.5) is 0 Å². The first-order chi connectivity index (χ1) is 10.3. The summed E-state index contributed by atoms with van der Waals surface area (Å²) in [5.41, 5.74) is 9.36. The van der Waals surface area contributed by atoms with Crippen molar-refractivity contribution in [1.29, 1.82) is 0 Å². The predicted molar refractivity (Wildman–Crippen MR) is 93.7 cm³/mol. The van der Waals surface area contributed by atoms with E-state index < -0.39 is 0 Å². The summed E-state index contributed by atoms with van der Waals surface area (Å²) in [5, 5.41) is 1.23. The zero-order valence-electron chi connectivity index (χ0n) is 12.7. The number of halogens is 1. The number of hydrogen-bond acceptors (Lipinski definition) is 2. The first-order valence-corrected chi connectivity index (χ1v) is 7.22. The Morgan fingerprint density at radius 2 is 1.86 bits per heavy atom. The summed E-state index contributed by atoms with van der Waals surface area (Å²) in [6.07, 6.45) is 3.04. The highest BCUT2D eigenvalue weighted by atomic mass is 35.5. The van der Waals surface area contributed by atoms with Gasteiger partial charge < -0.3 is 15.0 Å². The van der Waals surface area contributed by atoms with Gasteiger partial charge in [-0.15, -0.1) is 12.4 Å². The summed E-state index contributed by atoms with van der Waals surface area (Å²) in [7, 11) is 2.06. The fraction of sp³-hybridized carbons (Fsp3) is 0.222. The van der Waals surface area contributed by atoms with E-state index in [-0.39, 0.29) is 12.4 Å². The maximum Gasteiger partial charge on any atom is 0.120 e. The molecule has 116 valence electrons. The van der Waals surface area contributed by atoms with E-state index in [0.717, 1.165) is 12.2 Å². The average molecular weight is 317 g/mol. The maximum atomic E-state index is 5.90. The Morgan fingerprint density at radius 1 is 1.09 bits per heavy atom. The van der Waals surface area contributed by atoms with E-state index in [1.54, 1.807) is 0 Å². The molecule has 22 heavy (non-hydrogen) atoms. The predicted octanol–water partition coefficient (Wildman–Crippen LogP) is 3.68. The molecule has 0 aliphatic carbocycles. The molecular weight excluding hydrogens is 296 g/mol. The summed E-state index contributed by atoms with van der Waals surface area (Å²) in [6.45, 7) is 1.25. The molecule has 0 atom stereocenters. The van der Waals surface area contributed by atoms with Gasteiger partial charge >= 0.3 is 0 Å². The molecule has 0 aliphatic heterocycles. The molecule has 0 saturated carbocycles. The van der Waals surface area contributed by atoms with Gasteiger partial charge in [0.1, 0.15) is 12.4 Å². The molecule has 0 bridgehead atoms. The number of rotatable bonds is 5.